The topological polar surface area (TPSA) is 91.8 Å². The van der Waals surface area contributed by atoms with E-state index in [1.54, 1.807) is 6.20 Å². The van der Waals surface area contributed by atoms with Gasteiger partial charge in [-0.25, -0.2) is 15.0 Å². The summed E-state index contributed by atoms with van der Waals surface area (Å²) in [6, 6.07) is 7.52. The Morgan fingerprint density at radius 2 is 1.66 bits per heavy atom. The Hall–Kier alpha value is -2.70. The average molecular weight is 393 g/mol. The second-order valence-corrected chi connectivity index (χ2v) is 9.01. The zero-order valence-electron chi connectivity index (χ0n) is 16.6. The zero-order valence-corrected chi connectivity index (χ0v) is 16.6. The minimum absolute atomic E-state index is 0.0799. The van der Waals surface area contributed by atoms with Crippen LogP contribution in [0.25, 0.3) is 0 Å². The standard InChI is InChI=1S/C22H28N6O/c29-21(22-11-15-7-16(12-22)9-17(8-15)13-22)25-6-5-24-19-10-20(27-14-26-19)28-18-3-1-2-4-23-18/h1-4,10,14-17H,5-9,11-13H2,(H,25,29)(H2,23,24,26,27,28). The zero-order chi connectivity index (χ0) is 19.7. The number of amides is 1. The van der Waals surface area contributed by atoms with E-state index in [9.17, 15) is 4.79 Å². The summed E-state index contributed by atoms with van der Waals surface area (Å²) < 4.78 is 0. The Morgan fingerprint density at radius 1 is 0.931 bits per heavy atom. The van der Waals surface area contributed by atoms with Crippen molar-refractivity contribution in [3.05, 3.63) is 36.8 Å². The van der Waals surface area contributed by atoms with Crippen LogP contribution in [0.4, 0.5) is 17.5 Å². The summed E-state index contributed by atoms with van der Waals surface area (Å²) in [6.45, 7) is 1.24. The van der Waals surface area contributed by atoms with Gasteiger partial charge in [-0.1, -0.05) is 6.07 Å². The molecular formula is C22H28N6O. The maximum absolute atomic E-state index is 13.0. The molecule has 2 aromatic rings. The van der Waals surface area contributed by atoms with Crippen LogP contribution in [0.2, 0.25) is 0 Å². The third kappa shape index (κ3) is 3.91. The van der Waals surface area contributed by atoms with Gasteiger partial charge in [0.05, 0.1) is 0 Å². The minimum atomic E-state index is -0.0799. The highest BCUT2D eigenvalue weighted by atomic mass is 16.2. The third-order valence-electron chi connectivity index (χ3n) is 6.82. The summed E-state index contributed by atoms with van der Waals surface area (Å²) in [5.41, 5.74) is -0.0799. The fraction of sp³-hybridized carbons (Fsp3) is 0.545. The van der Waals surface area contributed by atoms with E-state index in [-0.39, 0.29) is 11.3 Å². The number of hydrogen-bond donors (Lipinski definition) is 3. The molecule has 0 radical (unpaired) electrons. The van der Waals surface area contributed by atoms with Crippen molar-refractivity contribution in [2.24, 2.45) is 23.2 Å². The lowest BCUT2D eigenvalue weighted by Gasteiger charge is -2.55. The van der Waals surface area contributed by atoms with Gasteiger partial charge in [-0.05, 0) is 68.4 Å². The Labute approximate surface area is 171 Å². The van der Waals surface area contributed by atoms with Crippen LogP contribution >= 0.6 is 0 Å². The predicted octanol–water partition coefficient (Wildman–Crippen LogP) is 3.36. The molecule has 6 rings (SSSR count). The number of aromatic nitrogens is 3. The monoisotopic (exact) mass is 392 g/mol. The minimum Gasteiger partial charge on any atom is -0.368 e. The number of pyridine rings is 1. The molecule has 4 bridgehead atoms. The van der Waals surface area contributed by atoms with Gasteiger partial charge in [-0.3, -0.25) is 4.79 Å². The molecule has 4 fully saturated rings. The second kappa shape index (κ2) is 7.61. The number of anilines is 3. The molecule has 0 aromatic carbocycles. The molecule has 0 aliphatic heterocycles. The average Bonchev–Trinajstić information content (AvgIpc) is 2.71. The van der Waals surface area contributed by atoms with E-state index < -0.39 is 0 Å². The highest BCUT2D eigenvalue weighted by molar-refractivity contribution is 5.83. The predicted molar refractivity (Wildman–Crippen MR) is 112 cm³/mol. The lowest BCUT2D eigenvalue weighted by molar-refractivity contribution is -0.146. The van der Waals surface area contributed by atoms with E-state index in [1.807, 2.05) is 24.3 Å². The first-order valence-corrected chi connectivity index (χ1v) is 10.7. The normalized spacial score (nSPS) is 29.4. The first-order valence-electron chi connectivity index (χ1n) is 10.7. The van der Waals surface area contributed by atoms with Crippen molar-refractivity contribution in [1.29, 1.82) is 0 Å². The third-order valence-corrected chi connectivity index (χ3v) is 6.82. The van der Waals surface area contributed by atoms with Crippen molar-refractivity contribution in [2.75, 3.05) is 23.7 Å². The molecule has 3 N–H and O–H groups in total. The van der Waals surface area contributed by atoms with E-state index >= 15 is 0 Å². The molecule has 0 saturated heterocycles. The molecule has 7 nitrogen and oxygen atoms in total. The maximum atomic E-state index is 13.0. The largest absolute Gasteiger partial charge is 0.368 e. The summed E-state index contributed by atoms with van der Waals surface area (Å²) in [7, 11) is 0. The van der Waals surface area contributed by atoms with Gasteiger partial charge in [-0.2, -0.15) is 0 Å². The van der Waals surface area contributed by atoms with Crippen LogP contribution in [0.15, 0.2) is 36.8 Å². The number of nitrogens with one attached hydrogen (secondary N) is 3. The highest BCUT2D eigenvalue weighted by Crippen LogP contribution is 2.60. The van der Waals surface area contributed by atoms with Gasteiger partial charge in [0.2, 0.25) is 5.91 Å². The Bertz CT molecular complexity index is 835. The fourth-order valence-electron chi connectivity index (χ4n) is 6.03. The Morgan fingerprint density at radius 3 is 2.34 bits per heavy atom. The Balaban J connectivity index is 1.11. The van der Waals surface area contributed by atoms with Gasteiger partial charge in [0.25, 0.3) is 0 Å². The highest BCUT2D eigenvalue weighted by Gasteiger charge is 2.54. The number of rotatable bonds is 7. The molecule has 1 amide bonds. The SMILES string of the molecule is O=C(NCCNc1cc(Nc2ccccn2)ncn1)C12CC3CC(CC(C3)C1)C2. The van der Waals surface area contributed by atoms with Crippen LogP contribution in [-0.4, -0.2) is 33.9 Å². The van der Waals surface area contributed by atoms with Crippen molar-refractivity contribution in [2.45, 2.75) is 38.5 Å². The molecule has 7 heteroatoms. The van der Waals surface area contributed by atoms with Gasteiger partial charge < -0.3 is 16.0 Å². The number of carbonyl (C=O) groups excluding carboxylic acids is 1. The van der Waals surface area contributed by atoms with Gasteiger partial charge in [0, 0.05) is 30.8 Å². The van der Waals surface area contributed by atoms with E-state index in [1.165, 1.54) is 25.6 Å². The first-order chi connectivity index (χ1) is 14.2. The molecule has 4 aliphatic rings. The van der Waals surface area contributed by atoms with Gasteiger partial charge in [0.15, 0.2) is 0 Å². The molecule has 4 aliphatic carbocycles. The molecule has 0 unspecified atom stereocenters. The molecule has 29 heavy (non-hydrogen) atoms. The number of carbonyl (C=O) groups is 1. The number of nitrogens with zero attached hydrogens (tertiary/aromatic N) is 3. The lowest BCUT2D eigenvalue weighted by Crippen LogP contribution is -2.54. The lowest BCUT2D eigenvalue weighted by atomic mass is 9.49. The fourth-order valence-corrected chi connectivity index (χ4v) is 6.03. The molecule has 2 heterocycles. The van der Waals surface area contributed by atoms with E-state index in [0.29, 0.717) is 18.9 Å². The van der Waals surface area contributed by atoms with E-state index in [2.05, 4.69) is 30.9 Å². The van der Waals surface area contributed by atoms with E-state index in [0.717, 1.165) is 48.7 Å². The van der Waals surface area contributed by atoms with Crippen LogP contribution < -0.4 is 16.0 Å². The molecule has 0 spiro atoms. The molecular weight excluding hydrogens is 364 g/mol. The smallest absolute Gasteiger partial charge is 0.226 e. The quantitative estimate of drug-likeness (QED) is 0.626. The van der Waals surface area contributed by atoms with Gasteiger partial charge >= 0.3 is 0 Å². The van der Waals surface area contributed by atoms with Crippen molar-refractivity contribution in [1.82, 2.24) is 20.3 Å². The van der Waals surface area contributed by atoms with Crippen LogP contribution in [0.3, 0.4) is 0 Å². The summed E-state index contributed by atoms with van der Waals surface area (Å²) in [5.74, 6) is 4.78. The van der Waals surface area contributed by atoms with Crippen LogP contribution in [-0.2, 0) is 4.79 Å². The molecule has 2 aromatic heterocycles. The summed E-state index contributed by atoms with van der Waals surface area (Å²) in [5, 5.41) is 9.62. The molecule has 4 saturated carbocycles. The van der Waals surface area contributed by atoms with Crippen molar-refractivity contribution < 1.29 is 4.79 Å². The van der Waals surface area contributed by atoms with Gasteiger partial charge in [0.1, 0.15) is 23.8 Å². The van der Waals surface area contributed by atoms with Crippen molar-refractivity contribution in [3.8, 4) is 0 Å². The van der Waals surface area contributed by atoms with Crippen molar-refractivity contribution >= 4 is 23.4 Å². The summed E-state index contributed by atoms with van der Waals surface area (Å²) >= 11 is 0. The van der Waals surface area contributed by atoms with Crippen LogP contribution in [0.1, 0.15) is 38.5 Å². The summed E-state index contributed by atoms with van der Waals surface area (Å²) in [4.78, 5) is 25.7. The maximum Gasteiger partial charge on any atom is 0.226 e. The molecule has 152 valence electrons. The first kappa shape index (κ1) is 18.3. The molecule has 0 atom stereocenters. The number of hydrogen-bond acceptors (Lipinski definition) is 6. The van der Waals surface area contributed by atoms with Crippen LogP contribution in [0, 0.1) is 23.2 Å². The van der Waals surface area contributed by atoms with Gasteiger partial charge in [-0.15, -0.1) is 0 Å². The van der Waals surface area contributed by atoms with E-state index in [4.69, 9.17) is 0 Å². The summed E-state index contributed by atoms with van der Waals surface area (Å²) in [6.07, 6.45) is 10.6. The van der Waals surface area contributed by atoms with Crippen molar-refractivity contribution in [3.63, 3.8) is 0 Å². The second-order valence-electron chi connectivity index (χ2n) is 9.01. The Kier molecular flexibility index (Phi) is 4.81. The van der Waals surface area contributed by atoms with Crippen LogP contribution in [0.5, 0.6) is 0 Å².